The molecule has 1 heterocycles. The molecule has 2 aromatic carbocycles. The molecule has 0 saturated heterocycles. The van der Waals surface area contributed by atoms with E-state index in [1.165, 1.54) is 0 Å². The number of rotatable bonds is 6. The average molecular weight is 376 g/mol. The molecule has 0 aliphatic rings. The number of nitrogens with zero attached hydrogens (tertiary/aromatic N) is 2. The van der Waals surface area contributed by atoms with E-state index in [-0.39, 0.29) is 12.5 Å². The fourth-order valence-electron chi connectivity index (χ4n) is 2.66. The predicted molar refractivity (Wildman–Crippen MR) is 109 cm³/mol. The Morgan fingerprint density at radius 2 is 1.71 bits per heavy atom. The molecule has 0 atom stereocenters. The van der Waals surface area contributed by atoms with Gasteiger partial charge < -0.3 is 11.1 Å². The largest absolute Gasteiger partial charge is 0.369 e. The standard InChI is InChI=1S/C22H24N4O2/c1-15-9-11-17(12-10-15)26-13-18(19(25-26)16-7-5-4-6-8-16)20(27)24-14-22(2,3)21(23)28/h4-13H,14H2,1-3H3,(H2,23,28)(H,24,27). The molecule has 0 unspecified atom stereocenters. The zero-order valence-corrected chi connectivity index (χ0v) is 16.3. The van der Waals surface area contributed by atoms with Gasteiger partial charge in [0.25, 0.3) is 5.91 Å². The van der Waals surface area contributed by atoms with E-state index in [4.69, 9.17) is 5.73 Å². The zero-order chi connectivity index (χ0) is 20.3. The van der Waals surface area contributed by atoms with Gasteiger partial charge in [0.2, 0.25) is 5.91 Å². The molecule has 3 rings (SSSR count). The fraction of sp³-hybridized carbons (Fsp3) is 0.227. The first-order valence-corrected chi connectivity index (χ1v) is 9.08. The van der Waals surface area contributed by atoms with Crippen molar-refractivity contribution >= 4 is 11.8 Å². The van der Waals surface area contributed by atoms with Crippen LogP contribution >= 0.6 is 0 Å². The second-order valence-corrected chi connectivity index (χ2v) is 7.47. The predicted octanol–water partition coefficient (Wildman–Crippen LogP) is 3.09. The Bertz CT molecular complexity index is 989. The van der Waals surface area contributed by atoms with Crippen LogP contribution in [0.15, 0.2) is 60.8 Å². The van der Waals surface area contributed by atoms with E-state index in [0.29, 0.717) is 11.3 Å². The third-order valence-corrected chi connectivity index (χ3v) is 4.66. The van der Waals surface area contributed by atoms with Crippen LogP contribution in [0.1, 0.15) is 29.8 Å². The van der Waals surface area contributed by atoms with Crippen LogP contribution in [0.5, 0.6) is 0 Å². The van der Waals surface area contributed by atoms with Crippen molar-refractivity contribution < 1.29 is 9.59 Å². The SMILES string of the molecule is Cc1ccc(-n2cc(C(=O)NCC(C)(C)C(N)=O)c(-c3ccccc3)n2)cc1. The van der Waals surface area contributed by atoms with E-state index >= 15 is 0 Å². The van der Waals surface area contributed by atoms with E-state index < -0.39 is 11.3 Å². The Morgan fingerprint density at radius 3 is 2.32 bits per heavy atom. The minimum absolute atomic E-state index is 0.144. The van der Waals surface area contributed by atoms with Crippen molar-refractivity contribution in [1.29, 1.82) is 0 Å². The second-order valence-electron chi connectivity index (χ2n) is 7.47. The lowest BCUT2D eigenvalue weighted by Crippen LogP contribution is -2.42. The number of nitrogens with two attached hydrogens (primary N) is 1. The number of carbonyl (C=O) groups excluding carboxylic acids is 2. The second kappa shape index (κ2) is 7.68. The van der Waals surface area contributed by atoms with Gasteiger partial charge in [0.1, 0.15) is 5.69 Å². The Hall–Kier alpha value is -3.41. The summed E-state index contributed by atoms with van der Waals surface area (Å²) < 4.78 is 1.69. The Balaban J connectivity index is 1.97. The first-order chi connectivity index (χ1) is 13.3. The van der Waals surface area contributed by atoms with Crippen LogP contribution in [0.2, 0.25) is 0 Å². The van der Waals surface area contributed by atoms with Gasteiger partial charge in [-0.15, -0.1) is 0 Å². The minimum Gasteiger partial charge on any atom is -0.369 e. The van der Waals surface area contributed by atoms with E-state index in [0.717, 1.165) is 16.8 Å². The van der Waals surface area contributed by atoms with Gasteiger partial charge in [-0.25, -0.2) is 4.68 Å². The van der Waals surface area contributed by atoms with Crippen LogP contribution < -0.4 is 11.1 Å². The number of amides is 2. The summed E-state index contributed by atoms with van der Waals surface area (Å²) in [4.78, 5) is 24.4. The molecule has 0 saturated carbocycles. The molecular formula is C22H24N4O2. The van der Waals surface area contributed by atoms with Gasteiger partial charge in [-0.3, -0.25) is 9.59 Å². The number of benzene rings is 2. The van der Waals surface area contributed by atoms with Gasteiger partial charge in [-0.05, 0) is 32.9 Å². The number of carbonyl (C=O) groups is 2. The maximum atomic E-state index is 12.9. The third-order valence-electron chi connectivity index (χ3n) is 4.66. The van der Waals surface area contributed by atoms with E-state index in [1.807, 2.05) is 61.5 Å². The molecule has 3 N–H and O–H groups in total. The minimum atomic E-state index is -0.838. The van der Waals surface area contributed by atoms with Crippen molar-refractivity contribution in [2.75, 3.05) is 6.54 Å². The average Bonchev–Trinajstić information content (AvgIpc) is 3.13. The van der Waals surface area contributed by atoms with E-state index in [1.54, 1.807) is 24.7 Å². The topological polar surface area (TPSA) is 90.0 Å². The van der Waals surface area contributed by atoms with Crippen molar-refractivity contribution in [1.82, 2.24) is 15.1 Å². The van der Waals surface area contributed by atoms with Crippen molar-refractivity contribution in [3.05, 3.63) is 71.9 Å². The molecule has 3 aromatic rings. The molecule has 28 heavy (non-hydrogen) atoms. The Morgan fingerprint density at radius 1 is 1.07 bits per heavy atom. The monoisotopic (exact) mass is 376 g/mol. The molecule has 0 aliphatic carbocycles. The van der Waals surface area contributed by atoms with Crippen LogP contribution in [0.25, 0.3) is 16.9 Å². The number of hydrogen-bond acceptors (Lipinski definition) is 3. The van der Waals surface area contributed by atoms with Crippen molar-refractivity contribution in [2.24, 2.45) is 11.1 Å². The highest BCUT2D eigenvalue weighted by atomic mass is 16.2. The number of aromatic nitrogens is 2. The number of primary amides is 1. The lowest BCUT2D eigenvalue weighted by atomic mass is 9.92. The first kappa shape index (κ1) is 19.4. The highest BCUT2D eigenvalue weighted by Crippen LogP contribution is 2.24. The highest BCUT2D eigenvalue weighted by molar-refractivity contribution is 6.00. The molecule has 0 aliphatic heterocycles. The summed E-state index contributed by atoms with van der Waals surface area (Å²) in [6.45, 7) is 5.56. The van der Waals surface area contributed by atoms with Gasteiger partial charge >= 0.3 is 0 Å². The molecule has 0 spiro atoms. The molecule has 0 bridgehead atoms. The maximum Gasteiger partial charge on any atom is 0.255 e. The summed E-state index contributed by atoms with van der Waals surface area (Å²) in [6.07, 6.45) is 1.71. The molecule has 0 fully saturated rings. The summed E-state index contributed by atoms with van der Waals surface area (Å²) in [7, 11) is 0. The molecule has 6 heteroatoms. The van der Waals surface area contributed by atoms with Crippen LogP contribution in [0.3, 0.4) is 0 Å². The summed E-state index contributed by atoms with van der Waals surface area (Å²) in [5, 5.41) is 7.46. The summed E-state index contributed by atoms with van der Waals surface area (Å²) in [5.41, 5.74) is 8.43. The molecular weight excluding hydrogens is 352 g/mol. The molecule has 0 radical (unpaired) electrons. The first-order valence-electron chi connectivity index (χ1n) is 9.08. The van der Waals surface area contributed by atoms with E-state index in [2.05, 4.69) is 10.4 Å². The number of aryl methyl sites for hydroxylation is 1. The van der Waals surface area contributed by atoms with Crippen LogP contribution in [-0.4, -0.2) is 28.1 Å². The van der Waals surface area contributed by atoms with Gasteiger partial charge in [0.05, 0.1) is 16.7 Å². The van der Waals surface area contributed by atoms with Crippen molar-refractivity contribution in [2.45, 2.75) is 20.8 Å². The zero-order valence-electron chi connectivity index (χ0n) is 16.3. The van der Waals surface area contributed by atoms with Gasteiger partial charge in [0.15, 0.2) is 0 Å². The van der Waals surface area contributed by atoms with Gasteiger partial charge in [0, 0.05) is 18.3 Å². The maximum absolute atomic E-state index is 12.9. The van der Waals surface area contributed by atoms with Gasteiger partial charge in [-0.2, -0.15) is 5.10 Å². The number of nitrogens with one attached hydrogen (secondary N) is 1. The molecule has 2 amide bonds. The van der Waals surface area contributed by atoms with Crippen LogP contribution in [0, 0.1) is 12.3 Å². The smallest absolute Gasteiger partial charge is 0.255 e. The van der Waals surface area contributed by atoms with E-state index in [9.17, 15) is 9.59 Å². The Kier molecular flexibility index (Phi) is 5.31. The lowest BCUT2D eigenvalue weighted by molar-refractivity contribution is -0.125. The van der Waals surface area contributed by atoms with Crippen LogP contribution in [0.4, 0.5) is 0 Å². The fourth-order valence-corrected chi connectivity index (χ4v) is 2.66. The van der Waals surface area contributed by atoms with Gasteiger partial charge in [-0.1, -0.05) is 48.0 Å². The number of hydrogen-bond donors (Lipinski definition) is 2. The van der Waals surface area contributed by atoms with Crippen molar-refractivity contribution in [3.8, 4) is 16.9 Å². The van der Waals surface area contributed by atoms with Crippen LogP contribution in [-0.2, 0) is 4.79 Å². The normalized spacial score (nSPS) is 11.2. The quantitative estimate of drug-likeness (QED) is 0.693. The summed E-state index contributed by atoms with van der Waals surface area (Å²) in [6, 6.07) is 17.4. The lowest BCUT2D eigenvalue weighted by Gasteiger charge is -2.20. The molecule has 1 aromatic heterocycles. The van der Waals surface area contributed by atoms with Crippen molar-refractivity contribution in [3.63, 3.8) is 0 Å². The summed E-state index contributed by atoms with van der Waals surface area (Å²) >= 11 is 0. The molecule has 144 valence electrons. The third kappa shape index (κ3) is 4.11. The Labute approximate surface area is 164 Å². The molecule has 6 nitrogen and oxygen atoms in total. The highest BCUT2D eigenvalue weighted by Gasteiger charge is 2.27. The summed E-state index contributed by atoms with van der Waals surface area (Å²) in [5.74, 6) is -0.766.